The molecule has 0 radical (unpaired) electrons. The van der Waals surface area contributed by atoms with Crippen LogP contribution in [0.2, 0.25) is 5.15 Å². The van der Waals surface area contributed by atoms with Gasteiger partial charge in [-0.2, -0.15) is 0 Å². The first-order chi connectivity index (χ1) is 8.11. The smallest absolute Gasteiger partial charge is 0.134 e. The van der Waals surface area contributed by atoms with Crippen LogP contribution in [0.25, 0.3) is 0 Å². The number of anilines is 1. The minimum Gasteiger partial charge on any atom is -0.379 e. The lowest BCUT2D eigenvalue weighted by Crippen LogP contribution is -2.43. The Morgan fingerprint density at radius 1 is 1.53 bits per heavy atom. The van der Waals surface area contributed by atoms with E-state index in [2.05, 4.69) is 22.2 Å². The van der Waals surface area contributed by atoms with E-state index in [9.17, 15) is 0 Å². The second-order valence-corrected chi connectivity index (χ2v) is 5.07. The first-order valence-electron chi connectivity index (χ1n) is 6.01. The Balaban J connectivity index is 2.14. The molecule has 1 fully saturated rings. The zero-order valence-corrected chi connectivity index (χ0v) is 11.0. The maximum atomic E-state index is 5.97. The van der Waals surface area contributed by atoms with Crippen molar-refractivity contribution in [3.8, 4) is 0 Å². The predicted octanol–water partition coefficient (Wildman–Crippen LogP) is 2.67. The predicted molar refractivity (Wildman–Crippen MR) is 68.5 cm³/mol. The molecule has 2 rings (SSSR count). The van der Waals surface area contributed by atoms with E-state index in [0.29, 0.717) is 11.8 Å². The molecule has 1 aromatic heterocycles. The SMILES string of the molecule is CCc1nc(Cl)cc(NC2(C)CCCOC2)n1. The lowest BCUT2D eigenvalue weighted by Gasteiger charge is -2.34. The molecule has 94 valence electrons. The van der Waals surface area contributed by atoms with Crippen LogP contribution in [-0.4, -0.2) is 28.7 Å². The molecule has 0 bridgehead atoms. The number of halogens is 1. The van der Waals surface area contributed by atoms with Crippen LogP contribution < -0.4 is 5.32 Å². The summed E-state index contributed by atoms with van der Waals surface area (Å²) < 4.78 is 5.51. The normalized spacial score (nSPS) is 24.6. The second-order valence-electron chi connectivity index (χ2n) is 4.69. The van der Waals surface area contributed by atoms with Gasteiger partial charge in [-0.25, -0.2) is 9.97 Å². The zero-order chi connectivity index (χ0) is 12.3. The molecule has 1 aliphatic rings. The summed E-state index contributed by atoms with van der Waals surface area (Å²) in [7, 11) is 0. The molecule has 1 aliphatic heterocycles. The summed E-state index contributed by atoms with van der Waals surface area (Å²) in [5.74, 6) is 1.55. The van der Waals surface area contributed by atoms with E-state index in [4.69, 9.17) is 16.3 Å². The summed E-state index contributed by atoms with van der Waals surface area (Å²) >= 11 is 5.97. The van der Waals surface area contributed by atoms with Gasteiger partial charge in [-0.1, -0.05) is 18.5 Å². The highest BCUT2D eigenvalue weighted by Crippen LogP contribution is 2.24. The van der Waals surface area contributed by atoms with E-state index in [-0.39, 0.29) is 5.54 Å². The molecular formula is C12H18ClN3O. The van der Waals surface area contributed by atoms with Gasteiger partial charge in [0.2, 0.25) is 0 Å². The monoisotopic (exact) mass is 255 g/mol. The Morgan fingerprint density at radius 2 is 2.35 bits per heavy atom. The van der Waals surface area contributed by atoms with Crippen molar-refractivity contribution in [1.29, 1.82) is 0 Å². The Hall–Kier alpha value is -0.870. The van der Waals surface area contributed by atoms with E-state index in [1.807, 2.05) is 6.92 Å². The Morgan fingerprint density at radius 3 is 3.00 bits per heavy atom. The Kier molecular flexibility index (Phi) is 3.84. The molecule has 5 heteroatoms. The molecule has 0 aliphatic carbocycles. The van der Waals surface area contributed by atoms with Crippen LogP contribution in [0.3, 0.4) is 0 Å². The summed E-state index contributed by atoms with van der Waals surface area (Å²) in [6.45, 7) is 5.72. The number of nitrogens with zero attached hydrogens (tertiary/aromatic N) is 2. The van der Waals surface area contributed by atoms with Crippen LogP contribution in [0.5, 0.6) is 0 Å². The number of hydrogen-bond donors (Lipinski definition) is 1. The quantitative estimate of drug-likeness (QED) is 0.844. The first kappa shape index (κ1) is 12.6. The lowest BCUT2D eigenvalue weighted by molar-refractivity contribution is 0.0539. The molecule has 2 heterocycles. The van der Waals surface area contributed by atoms with E-state index in [0.717, 1.165) is 37.5 Å². The first-order valence-corrected chi connectivity index (χ1v) is 6.38. The van der Waals surface area contributed by atoms with Gasteiger partial charge in [0.05, 0.1) is 12.1 Å². The van der Waals surface area contributed by atoms with Gasteiger partial charge in [-0.3, -0.25) is 0 Å². The van der Waals surface area contributed by atoms with Gasteiger partial charge in [-0.05, 0) is 19.8 Å². The van der Waals surface area contributed by atoms with Crippen molar-refractivity contribution in [3.05, 3.63) is 17.0 Å². The van der Waals surface area contributed by atoms with E-state index in [1.165, 1.54) is 0 Å². The molecule has 1 unspecified atom stereocenters. The molecule has 4 nitrogen and oxygen atoms in total. The fourth-order valence-electron chi connectivity index (χ4n) is 2.03. The molecule has 1 aromatic rings. The Bertz CT molecular complexity index is 391. The molecule has 0 spiro atoms. The third-order valence-corrected chi connectivity index (χ3v) is 3.12. The highest BCUT2D eigenvalue weighted by molar-refractivity contribution is 6.29. The van der Waals surface area contributed by atoms with Gasteiger partial charge >= 0.3 is 0 Å². The van der Waals surface area contributed by atoms with Gasteiger partial charge in [0.1, 0.15) is 16.8 Å². The number of aromatic nitrogens is 2. The molecule has 1 N–H and O–H groups in total. The topological polar surface area (TPSA) is 47.0 Å². The molecule has 17 heavy (non-hydrogen) atoms. The van der Waals surface area contributed by atoms with E-state index in [1.54, 1.807) is 6.07 Å². The minimum atomic E-state index is -0.0546. The number of rotatable bonds is 3. The van der Waals surface area contributed by atoms with Crippen molar-refractivity contribution in [1.82, 2.24) is 9.97 Å². The average Bonchev–Trinajstić information content (AvgIpc) is 2.28. The van der Waals surface area contributed by atoms with Crippen molar-refractivity contribution in [2.75, 3.05) is 18.5 Å². The van der Waals surface area contributed by atoms with Crippen molar-refractivity contribution in [3.63, 3.8) is 0 Å². The highest BCUT2D eigenvalue weighted by Gasteiger charge is 2.27. The summed E-state index contributed by atoms with van der Waals surface area (Å²) in [6.07, 6.45) is 2.93. The Labute approximate surface area is 107 Å². The molecule has 0 aromatic carbocycles. The molecule has 1 saturated heterocycles. The fourth-order valence-corrected chi connectivity index (χ4v) is 2.23. The summed E-state index contributed by atoms with van der Waals surface area (Å²) in [6, 6.07) is 1.76. The van der Waals surface area contributed by atoms with Gasteiger partial charge in [-0.15, -0.1) is 0 Å². The van der Waals surface area contributed by atoms with Crippen LogP contribution in [0.4, 0.5) is 5.82 Å². The molecule has 0 saturated carbocycles. The van der Waals surface area contributed by atoms with Crippen molar-refractivity contribution >= 4 is 17.4 Å². The maximum absolute atomic E-state index is 5.97. The zero-order valence-electron chi connectivity index (χ0n) is 10.3. The lowest BCUT2D eigenvalue weighted by atomic mass is 9.95. The van der Waals surface area contributed by atoms with Crippen LogP contribution in [0.1, 0.15) is 32.5 Å². The molecule has 1 atom stereocenters. The van der Waals surface area contributed by atoms with Crippen molar-refractivity contribution in [2.24, 2.45) is 0 Å². The van der Waals surface area contributed by atoms with Gasteiger partial charge in [0.15, 0.2) is 0 Å². The van der Waals surface area contributed by atoms with Crippen molar-refractivity contribution < 1.29 is 4.74 Å². The van der Waals surface area contributed by atoms with Gasteiger partial charge in [0.25, 0.3) is 0 Å². The summed E-state index contributed by atoms with van der Waals surface area (Å²) in [4.78, 5) is 8.58. The second kappa shape index (κ2) is 5.19. The number of nitrogens with one attached hydrogen (secondary N) is 1. The van der Waals surface area contributed by atoms with Crippen LogP contribution >= 0.6 is 11.6 Å². The molecule has 0 amide bonds. The standard InChI is InChI=1S/C12H18ClN3O/c1-3-10-14-9(13)7-11(15-10)16-12(2)5-4-6-17-8-12/h7H,3-6,8H2,1-2H3,(H,14,15,16). The summed E-state index contributed by atoms with van der Waals surface area (Å²) in [5.41, 5.74) is -0.0546. The van der Waals surface area contributed by atoms with Gasteiger partial charge < -0.3 is 10.1 Å². The van der Waals surface area contributed by atoms with Gasteiger partial charge in [0, 0.05) is 19.1 Å². The van der Waals surface area contributed by atoms with Crippen LogP contribution in [-0.2, 0) is 11.2 Å². The molecular weight excluding hydrogens is 238 g/mol. The third-order valence-electron chi connectivity index (χ3n) is 2.93. The number of ether oxygens (including phenoxy) is 1. The highest BCUT2D eigenvalue weighted by atomic mass is 35.5. The maximum Gasteiger partial charge on any atom is 0.134 e. The minimum absolute atomic E-state index is 0.0546. The average molecular weight is 256 g/mol. The number of aryl methyl sites for hydroxylation is 1. The van der Waals surface area contributed by atoms with Crippen molar-refractivity contribution in [2.45, 2.75) is 38.6 Å². The fraction of sp³-hybridized carbons (Fsp3) is 0.667. The van der Waals surface area contributed by atoms with E-state index < -0.39 is 0 Å². The van der Waals surface area contributed by atoms with Crippen LogP contribution in [0, 0.1) is 0 Å². The third kappa shape index (κ3) is 3.30. The van der Waals surface area contributed by atoms with E-state index >= 15 is 0 Å². The largest absolute Gasteiger partial charge is 0.379 e. The summed E-state index contributed by atoms with van der Waals surface area (Å²) in [5, 5.41) is 3.90. The van der Waals surface area contributed by atoms with Crippen LogP contribution in [0.15, 0.2) is 6.07 Å². The number of hydrogen-bond acceptors (Lipinski definition) is 4.